The van der Waals surface area contributed by atoms with Gasteiger partial charge in [0.15, 0.2) is 0 Å². The number of para-hydroxylation sites is 1. The molecule has 3 heteroatoms. The average molecular weight is 228 g/mol. The molecule has 0 saturated carbocycles. The fourth-order valence-electron chi connectivity index (χ4n) is 3.03. The first-order valence-corrected chi connectivity index (χ1v) is 6.09. The number of primary amides is 1. The molecule has 0 fully saturated rings. The Bertz CT molecular complexity index is 610. The molecule has 3 rings (SSSR count). The molecule has 1 amide bonds. The molecule has 1 aliphatic carbocycles. The Balaban J connectivity index is 2.41. The second-order valence-electron chi connectivity index (χ2n) is 4.76. The first-order chi connectivity index (χ1) is 8.20. The monoisotopic (exact) mass is 228 g/mol. The number of hydrogen-bond donors (Lipinski definition) is 1. The van der Waals surface area contributed by atoms with Crippen molar-refractivity contribution in [1.82, 2.24) is 4.57 Å². The molecule has 0 aliphatic heterocycles. The van der Waals surface area contributed by atoms with Crippen LogP contribution in [0.15, 0.2) is 18.2 Å². The fraction of sp³-hybridized carbons (Fsp3) is 0.357. The van der Waals surface area contributed by atoms with Gasteiger partial charge < -0.3 is 10.3 Å². The Kier molecular flexibility index (Phi) is 2.21. The van der Waals surface area contributed by atoms with Gasteiger partial charge in [0.1, 0.15) is 0 Å². The van der Waals surface area contributed by atoms with E-state index in [9.17, 15) is 4.79 Å². The Labute approximate surface area is 100 Å². The van der Waals surface area contributed by atoms with Crippen molar-refractivity contribution in [1.29, 1.82) is 0 Å². The minimum atomic E-state index is -0.339. The molecular formula is C14H16N2O. The molecule has 2 N–H and O–H groups in total. The number of amides is 1. The maximum atomic E-state index is 11.5. The zero-order valence-corrected chi connectivity index (χ0v) is 9.99. The highest BCUT2D eigenvalue weighted by Crippen LogP contribution is 2.32. The van der Waals surface area contributed by atoms with Crippen LogP contribution < -0.4 is 5.73 Å². The van der Waals surface area contributed by atoms with E-state index in [-0.39, 0.29) is 5.91 Å². The lowest BCUT2D eigenvalue weighted by Gasteiger charge is -2.12. The van der Waals surface area contributed by atoms with Gasteiger partial charge in [-0.25, -0.2) is 0 Å². The number of aryl methyl sites for hydroxylation is 2. The van der Waals surface area contributed by atoms with Crippen LogP contribution in [0.1, 0.15) is 34.5 Å². The number of rotatable bonds is 1. The summed E-state index contributed by atoms with van der Waals surface area (Å²) >= 11 is 0. The average Bonchev–Trinajstić information content (AvgIpc) is 2.64. The van der Waals surface area contributed by atoms with Gasteiger partial charge in [0.25, 0.3) is 5.91 Å². The third-order valence-electron chi connectivity index (χ3n) is 3.81. The summed E-state index contributed by atoms with van der Waals surface area (Å²) in [5.41, 5.74) is 9.89. The molecular weight excluding hydrogens is 212 g/mol. The zero-order chi connectivity index (χ0) is 12.0. The summed E-state index contributed by atoms with van der Waals surface area (Å²) in [7, 11) is 2.04. The van der Waals surface area contributed by atoms with E-state index in [1.807, 2.05) is 19.2 Å². The van der Waals surface area contributed by atoms with Gasteiger partial charge in [-0.3, -0.25) is 4.79 Å². The zero-order valence-electron chi connectivity index (χ0n) is 9.99. The van der Waals surface area contributed by atoms with Crippen LogP contribution in [0.4, 0.5) is 0 Å². The summed E-state index contributed by atoms with van der Waals surface area (Å²) in [6, 6.07) is 5.85. The number of hydrogen-bond acceptors (Lipinski definition) is 1. The summed E-state index contributed by atoms with van der Waals surface area (Å²) in [6.07, 6.45) is 4.71. The predicted octanol–water partition coefficient (Wildman–Crippen LogP) is 2.16. The van der Waals surface area contributed by atoms with Crippen LogP contribution in [0.2, 0.25) is 0 Å². The highest BCUT2D eigenvalue weighted by atomic mass is 16.1. The smallest absolute Gasteiger partial charge is 0.250 e. The summed E-state index contributed by atoms with van der Waals surface area (Å²) in [6.45, 7) is 0. The van der Waals surface area contributed by atoms with Crippen LogP contribution in [-0.4, -0.2) is 10.5 Å². The number of benzene rings is 1. The summed E-state index contributed by atoms with van der Waals surface area (Å²) in [4.78, 5) is 11.5. The lowest BCUT2D eigenvalue weighted by Crippen LogP contribution is -2.12. The quantitative estimate of drug-likeness (QED) is 0.798. The Hall–Kier alpha value is -1.77. The van der Waals surface area contributed by atoms with Gasteiger partial charge in [0.2, 0.25) is 0 Å². The van der Waals surface area contributed by atoms with Crippen molar-refractivity contribution in [3.05, 3.63) is 35.0 Å². The maximum Gasteiger partial charge on any atom is 0.250 e. The molecule has 17 heavy (non-hydrogen) atoms. The third-order valence-corrected chi connectivity index (χ3v) is 3.81. The largest absolute Gasteiger partial charge is 0.366 e. The van der Waals surface area contributed by atoms with Crippen molar-refractivity contribution in [2.45, 2.75) is 25.7 Å². The molecule has 0 atom stereocenters. The Morgan fingerprint density at radius 3 is 2.82 bits per heavy atom. The van der Waals surface area contributed by atoms with E-state index >= 15 is 0 Å². The van der Waals surface area contributed by atoms with Crippen LogP contribution in [0, 0.1) is 0 Å². The van der Waals surface area contributed by atoms with E-state index in [0.717, 1.165) is 18.4 Å². The fourth-order valence-corrected chi connectivity index (χ4v) is 3.03. The van der Waals surface area contributed by atoms with Gasteiger partial charge in [0.05, 0.1) is 11.1 Å². The number of carbonyl (C=O) groups excluding carboxylic acids is 1. The van der Waals surface area contributed by atoms with E-state index in [1.54, 1.807) is 0 Å². The van der Waals surface area contributed by atoms with E-state index in [1.165, 1.54) is 29.5 Å². The summed E-state index contributed by atoms with van der Waals surface area (Å²) < 4.78 is 2.16. The normalized spacial score (nSPS) is 14.9. The van der Waals surface area contributed by atoms with Gasteiger partial charge >= 0.3 is 0 Å². The topological polar surface area (TPSA) is 48.0 Å². The van der Waals surface area contributed by atoms with Crippen molar-refractivity contribution in [3.63, 3.8) is 0 Å². The van der Waals surface area contributed by atoms with Crippen molar-refractivity contribution in [2.24, 2.45) is 12.8 Å². The lowest BCUT2D eigenvalue weighted by molar-refractivity contribution is 0.100. The number of fused-ring (bicyclic) bond motifs is 3. The first-order valence-electron chi connectivity index (χ1n) is 6.09. The standard InChI is InChI=1S/C14H16N2O/c1-16-12-8-3-2-5-9(12)10-6-4-7-11(13(10)16)14(15)17/h4,6-7H,2-3,5,8H2,1H3,(H2,15,17). The molecule has 0 bridgehead atoms. The summed E-state index contributed by atoms with van der Waals surface area (Å²) in [5.74, 6) is -0.339. The van der Waals surface area contributed by atoms with Crippen molar-refractivity contribution in [3.8, 4) is 0 Å². The van der Waals surface area contributed by atoms with Crippen LogP contribution in [-0.2, 0) is 19.9 Å². The van der Waals surface area contributed by atoms with Crippen molar-refractivity contribution < 1.29 is 4.79 Å². The minimum Gasteiger partial charge on any atom is -0.366 e. The van der Waals surface area contributed by atoms with Crippen LogP contribution in [0.5, 0.6) is 0 Å². The molecule has 0 saturated heterocycles. The molecule has 0 radical (unpaired) electrons. The number of aromatic nitrogens is 1. The van der Waals surface area contributed by atoms with E-state index < -0.39 is 0 Å². The second-order valence-corrected chi connectivity index (χ2v) is 4.76. The Morgan fingerprint density at radius 2 is 2.06 bits per heavy atom. The van der Waals surface area contributed by atoms with E-state index in [2.05, 4.69) is 10.6 Å². The minimum absolute atomic E-state index is 0.339. The Morgan fingerprint density at radius 1 is 1.29 bits per heavy atom. The summed E-state index contributed by atoms with van der Waals surface area (Å²) in [5, 5.41) is 1.21. The maximum absolute atomic E-state index is 11.5. The van der Waals surface area contributed by atoms with Crippen LogP contribution in [0.25, 0.3) is 10.9 Å². The number of nitrogens with zero attached hydrogens (tertiary/aromatic N) is 1. The van der Waals surface area contributed by atoms with Gasteiger partial charge in [0, 0.05) is 18.1 Å². The van der Waals surface area contributed by atoms with E-state index in [0.29, 0.717) is 5.56 Å². The number of nitrogens with two attached hydrogens (primary N) is 1. The lowest BCUT2D eigenvalue weighted by atomic mass is 9.95. The third kappa shape index (κ3) is 1.38. The molecule has 1 heterocycles. The molecule has 88 valence electrons. The van der Waals surface area contributed by atoms with Gasteiger partial charge in [-0.2, -0.15) is 0 Å². The molecule has 3 nitrogen and oxygen atoms in total. The first kappa shape index (κ1) is 10.4. The van der Waals surface area contributed by atoms with E-state index in [4.69, 9.17) is 5.73 Å². The highest BCUT2D eigenvalue weighted by Gasteiger charge is 2.20. The van der Waals surface area contributed by atoms with Gasteiger partial charge in [-0.1, -0.05) is 12.1 Å². The molecule has 1 aliphatic rings. The highest BCUT2D eigenvalue weighted by molar-refractivity contribution is 6.06. The van der Waals surface area contributed by atoms with Gasteiger partial charge in [-0.15, -0.1) is 0 Å². The SMILES string of the molecule is Cn1c2c(c3cccc(C(N)=O)c31)CCCC2. The van der Waals surface area contributed by atoms with Crippen LogP contribution >= 0.6 is 0 Å². The predicted molar refractivity (Wildman–Crippen MR) is 68.1 cm³/mol. The van der Waals surface area contributed by atoms with Crippen molar-refractivity contribution in [2.75, 3.05) is 0 Å². The molecule has 1 aromatic heterocycles. The number of carbonyl (C=O) groups is 1. The molecule has 1 aromatic carbocycles. The van der Waals surface area contributed by atoms with Crippen LogP contribution in [0.3, 0.4) is 0 Å². The second kappa shape index (κ2) is 3.62. The molecule has 2 aromatic rings. The van der Waals surface area contributed by atoms with Gasteiger partial charge in [-0.05, 0) is 37.3 Å². The molecule has 0 spiro atoms. The van der Waals surface area contributed by atoms with Crippen molar-refractivity contribution >= 4 is 16.8 Å². The molecule has 0 unspecified atom stereocenters.